The van der Waals surface area contributed by atoms with E-state index in [2.05, 4.69) is 4.98 Å². The van der Waals surface area contributed by atoms with Gasteiger partial charge in [-0.1, -0.05) is 0 Å². The van der Waals surface area contributed by atoms with E-state index in [0.29, 0.717) is 6.61 Å². The molecule has 0 saturated carbocycles. The number of aliphatic hydroxyl groups excluding tert-OH is 2. The number of quaternary nitrogens is 1. The second-order valence-electron chi connectivity index (χ2n) is 3.86. The Balaban J connectivity index is 2.10. The number of pyridine rings is 1. The van der Waals surface area contributed by atoms with Gasteiger partial charge in [-0.2, -0.15) is 0 Å². The Bertz CT molecular complexity index is 314. The topological polar surface area (TPSA) is 79.2 Å². The molecule has 1 fully saturated rings. The highest BCUT2D eigenvalue weighted by molar-refractivity contribution is 5.10. The zero-order valence-corrected chi connectivity index (χ0v) is 8.34. The zero-order valence-electron chi connectivity index (χ0n) is 8.34. The van der Waals surface area contributed by atoms with Gasteiger partial charge in [0.1, 0.15) is 19.8 Å². The number of rotatable bonds is 3. The molecule has 1 aliphatic heterocycles. The lowest BCUT2D eigenvalue weighted by Gasteiger charge is -2.19. The summed E-state index contributed by atoms with van der Waals surface area (Å²) in [7, 11) is 0. The molecule has 0 aromatic carbocycles. The van der Waals surface area contributed by atoms with E-state index < -0.39 is 5.54 Å². The predicted octanol–water partition coefficient (Wildman–Crippen LogP) is -1.60. The van der Waals surface area contributed by atoms with Gasteiger partial charge >= 0.3 is 0 Å². The zero-order chi connectivity index (χ0) is 10.7. The van der Waals surface area contributed by atoms with Gasteiger partial charge in [0, 0.05) is 12.4 Å². The Morgan fingerprint density at radius 2 is 2.33 bits per heavy atom. The number of aromatic nitrogens is 1. The van der Waals surface area contributed by atoms with E-state index in [-0.39, 0.29) is 19.4 Å². The van der Waals surface area contributed by atoms with Crippen LogP contribution < -0.4 is 5.32 Å². The maximum atomic E-state index is 9.19. The summed E-state index contributed by atoms with van der Waals surface area (Å²) in [5.41, 5.74) is 0.335. The number of nitrogens with zero attached hydrogens (tertiary/aromatic N) is 1. The van der Waals surface area contributed by atoms with Gasteiger partial charge in [0.15, 0.2) is 5.54 Å². The van der Waals surface area contributed by atoms with Crippen molar-refractivity contribution in [1.29, 1.82) is 0 Å². The van der Waals surface area contributed by atoms with Crippen LogP contribution in [0.2, 0.25) is 0 Å². The summed E-state index contributed by atoms with van der Waals surface area (Å²) in [6.45, 7) is 0.153. The highest BCUT2D eigenvalue weighted by Gasteiger charge is 2.43. The first kappa shape index (κ1) is 10.5. The third kappa shape index (κ3) is 2.00. The van der Waals surface area contributed by atoms with Gasteiger partial charge in [-0.15, -0.1) is 0 Å². The molecule has 1 saturated heterocycles. The summed E-state index contributed by atoms with van der Waals surface area (Å²) in [6, 6.07) is 3.75. The molecule has 0 unspecified atom stereocenters. The van der Waals surface area contributed by atoms with Gasteiger partial charge < -0.3 is 20.3 Å². The number of ether oxygens (including phenoxy) is 1. The smallest absolute Gasteiger partial charge is 0.219 e. The van der Waals surface area contributed by atoms with Crippen molar-refractivity contribution in [3.63, 3.8) is 0 Å². The summed E-state index contributed by atoms with van der Waals surface area (Å²) in [5, 5.41) is 20.2. The average Bonchev–Trinajstić information content (AvgIpc) is 2.75. The third-order valence-electron chi connectivity index (χ3n) is 2.70. The molecule has 0 radical (unpaired) electrons. The van der Waals surface area contributed by atoms with Crippen LogP contribution in [0.5, 0.6) is 0 Å². The van der Waals surface area contributed by atoms with E-state index in [1.165, 1.54) is 0 Å². The highest BCUT2D eigenvalue weighted by atomic mass is 16.5. The SMILES string of the molecule is OCC1(CO)CO[C@@H](c2cccnc2)[NH2+]1. The van der Waals surface area contributed by atoms with Crippen LogP contribution >= 0.6 is 0 Å². The molecule has 5 heteroatoms. The fourth-order valence-electron chi connectivity index (χ4n) is 1.66. The van der Waals surface area contributed by atoms with Crippen molar-refractivity contribution < 1.29 is 20.3 Å². The van der Waals surface area contributed by atoms with Gasteiger partial charge in [-0.3, -0.25) is 4.98 Å². The second-order valence-corrected chi connectivity index (χ2v) is 3.86. The van der Waals surface area contributed by atoms with Crippen molar-refractivity contribution in [2.24, 2.45) is 0 Å². The lowest BCUT2D eigenvalue weighted by atomic mass is 10.0. The molecule has 0 spiro atoms. The minimum absolute atomic E-state index is 0.0970. The first-order valence-electron chi connectivity index (χ1n) is 4.89. The number of aliphatic hydroxyl groups is 2. The monoisotopic (exact) mass is 211 g/mol. The minimum atomic E-state index is -0.611. The molecule has 1 atom stereocenters. The predicted molar refractivity (Wildman–Crippen MR) is 51.8 cm³/mol. The molecule has 2 heterocycles. The van der Waals surface area contributed by atoms with Gasteiger partial charge in [0.05, 0.1) is 5.56 Å². The first-order chi connectivity index (χ1) is 7.29. The van der Waals surface area contributed by atoms with Gasteiger partial charge in [0.2, 0.25) is 6.23 Å². The molecule has 4 N–H and O–H groups in total. The van der Waals surface area contributed by atoms with E-state index >= 15 is 0 Å². The Hall–Kier alpha value is -1.01. The molecule has 15 heavy (non-hydrogen) atoms. The summed E-state index contributed by atoms with van der Waals surface area (Å²) in [4.78, 5) is 4.00. The van der Waals surface area contributed by atoms with E-state index in [0.717, 1.165) is 5.56 Å². The Morgan fingerprint density at radius 3 is 2.87 bits per heavy atom. The molecule has 82 valence electrons. The van der Waals surface area contributed by atoms with Gasteiger partial charge in [-0.25, -0.2) is 0 Å². The van der Waals surface area contributed by atoms with Crippen LogP contribution in [0.1, 0.15) is 11.8 Å². The van der Waals surface area contributed by atoms with Crippen molar-refractivity contribution in [2.45, 2.75) is 11.8 Å². The van der Waals surface area contributed by atoms with Crippen LogP contribution in [0.4, 0.5) is 0 Å². The Morgan fingerprint density at radius 1 is 1.53 bits per heavy atom. The van der Waals surface area contributed by atoms with Crippen LogP contribution in [0, 0.1) is 0 Å². The maximum Gasteiger partial charge on any atom is 0.219 e. The lowest BCUT2D eigenvalue weighted by Crippen LogP contribution is -2.97. The van der Waals surface area contributed by atoms with Crippen molar-refractivity contribution in [2.75, 3.05) is 19.8 Å². The van der Waals surface area contributed by atoms with Gasteiger partial charge in [0.25, 0.3) is 0 Å². The largest absolute Gasteiger partial charge is 0.390 e. The normalized spacial score (nSPS) is 24.3. The van der Waals surface area contributed by atoms with Crippen LogP contribution in [-0.4, -0.2) is 40.6 Å². The molecule has 2 rings (SSSR count). The number of hydrogen-bond donors (Lipinski definition) is 3. The maximum absolute atomic E-state index is 9.19. The van der Waals surface area contributed by atoms with E-state index in [1.807, 2.05) is 17.4 Å². The van der Waals surface area contributed by atoms with E-state index in [4.69, 9.17) is 4.74 Å². The van der Waals surface area contributed by atoms with Crippen LogP contribution in [0.25, 0.3) is 0 Å². The van der Waals surface area contributed by atoms with Crippen LogP contribution in [0.15, 0.2) is 24.5 Å². The molecular weight excluding hydrogens is 196 g/mol. The fraction of sp³-hybridized carbons (Fsp3) is 0.500. The Kier molecular flexibility index (Phi) is 2.97. The van der Waals surface area contributed by atoms with Crippen molar-refractivity contribution in [1.82, 2.24) is 4.98 Å². The van der Waals surface area contributed by atoms with Crippen molar-refractivity contribution in [3.8, 4) is 0 Å². The third-order valence-corrected chi connectivity index (χ3v) is 2.70. The molecule has 5 nitrogen and oxygen atoms in total. The van der Waals surface area contributed by atoms with Crippen molar-refractivity contribution >= 4 is 0 Å². The molecule has 1 aromatic heterocycles. The standard InChI is InChI=1S/C10H14N2O3/c13-5-10(6-14)7-15-9(12-10)8-2-1-3-11-4-8/h1-4,9,12-14H,5-7H2/p+1/t9-/m0/s1. The number of hydrogen-bond acceptors (Lipinski definition) is 4. The quantitative estimate of drug-likeness (QED) is 0.562. The molecule has 0 aliphatic carbocycles. The minimum Gasteiger partial charge on any atom is -0.390 e. The molecule has 0 amide bonds. The van der Waals surface area contributed by atoms with Gasteiger partial charge in [-0.05, 0) is 12.1 Å². The molecule has 0 bridgehead atoms. The van der Waals surface area contributed by atoms with E-state index in [1.54, 1.807) is 12.4 Å². The van der Waals surface area contributed by atoms with Crippen molar-refractivity contribution in [3.05, 3.63) is 30.1 Å². The van der Waals surface area contributed by atoms with Crippen LogP contribution in [-0.2, 0) is 4.74 Å². The van der Waals surface area contributed by atoms with E-state index in [9.17, 15) is 10.2 Å². The summed E-state index contributed by atoms with van der Waals surface area (Å²) in [5.74, 6) is 0. The van der Waals surface area contributed by atoms with Crippen LogP contribution in [0.3, 0.4) is 0 Å². The Labute approximate surface area is 87.7 Å². The molecule has 1 aromatic rings. The second kappa shape index (κ2) is 4.24. The fourth-order valence-corrected chi connectivity index (χ4v) is 1.66. The summed E-state index contributed by atoms with van der Waals surface area (Å²) >= 11 is 0. The highest BCUT2D eigenvalue weighted by Crippen LogP contribution is 2.17. The average molecular weight is 211 g/mol. The lowest BCUT2D eigenvalue weighted by molar-refractivity contribution is -0.758. The summed E-state index contributed by atoms with van der Waals surface area (Å²) in [6.07, 6.45) is 3.24. The molecule has 1 aliphatic rings. The number of nitrogens with two attached hydrogens (primary N) is 1. The molecular formula is C10H15N2O3+. The first-order valence-corrected chi connectivity index (χ1v) is 4.89. The summed E-state index contributed by atoms with van der Waals surface area (Å²) < 4.78 is 5.52.